The molecule has 78 valence electrons. The molecule has 0 fully saturated rings. The lowest BCUT2D eigenvalue weighted by Crippen LogP contribution is -2.31. The maximum atomic E-state index is 5.56. The monoisotopic (exact) mass is 194 g/mol. The van der Waals surface area contributed by atoms with E-state index in [0.29, 0.717) is 6.54 Å². The Morgan fingerprint density at radius 3 is 2.57 bits per heavy atom. The molecule has 1 aromatic heterocycles. The molecule has 2 N–H and O–H groups in total. The van der Waals surface area contributed by atoms with Gasteiger partial charge in [0, 0.05) is 32.0 Å². The van der Waals surface area contributed by atoms with E-state index in [0.717, 1.165) is 31.0 Å². The van der Waals surface area contributed by atoms with Crippen molar-refractivity contribution in [2.45, 2.75) is 20.3 Å². The Bertz CT molecular complexity index is 269. The lowest BCUT2D eigenvalue weighted by atomic mass is 10.3. The van der Waals surface area contributed by atoms with Gasteiger partial charge in [-0.3, -0.25) is 4.98 Å². The Labute approximate surface area is 85.2 Å². The molecule has 0 bridgehead atoms. The zero-order valence-corrected chi connectivity index (χ0v) is 8.90. The Morgan fingerprint density at radius 2 is 2.00 bits per heavy atom. The molecule has 0 radical (unpaired) electrons. The van der Waals surface area contributed by atoms with Crippen LogP contribution in [0.5, 0.6) is 0 Å². The summed E-state index contributed by atoms with van der Waals surface area (Å²) in [6.07, 6.45) is 4.53. The van der Waals surface area contributed by atoms with Gasteiger partial charge < -0.3 is 10.6 Å². The highest BCUT2D eigenvalue weighted by atomic mass is 15.2. The van der Waals surface area contributed by atoms with Gasteiger partial charge in [0.15, 0.2) is 0 Å². The number of rotatable bonds is 5. The normalized spacial score (nSPS) is 10.2. The number of aryl methyl sites for hydroxylation is 1. The van der Waals surface area contributed by atoms with E-state index in [1.807, 2.05) is 6.92 Å². The lowest BCUT2D eigenvalue weighted by molar-refractivity contribution is 0.744. The second-order valence-corrected chi connectivity index (χ2v) is 3.24. The van der Waals surface area contributed by atoms with E-state index in [1.165, 1.54) is 0 Å². The average molecular weight is 194 g/mol. The first-order valence-corrected chi connectivity index (χ1v) is 5.02. The SMILES string of the molecule is CCCN(CCN)c1nccnc1C. The molecule has 1 heterocycles. The molecule has 0 spiro atoms. The molecule has 0 aliphatic heterocycles. The van der Waals surface area contributed by atoms with E-state index in [4.69, 9.17) is 5.73 Å². The van der Waals surface area contributed by atoms with Crippen molar-refractivity contribution in [1.29, 1.82) is 0 Å². The van der Waals surface area contributed by atoms with Gasteiger partial charge >= 0.3 is 0 Å². The number of nitrogens with zero attached hydrogens (tertiary/aromatic N) is 3. The average Bonchev–Trinajstić information content (AvgIpc) is 2.18. The molecule has 0 aromatic carbocycles. The van der Waals surface area contributed by atoms with E-state index >= 15 is 0 Å². The van der Waals surface area contributed by atoms with Crippen molar-refractivity contribution in [3.8, 4) is 0 Å². The van der Waals surface area contributed by atoms with Crippen LogP contribution in [-0.4, -0.2) is 29.6 Å². The van der Waals surface area contributed by atoms with Crippen LogP contribution in [0.3, 0.4) is 0 Å². The van der Waals surface area contributed by atoms with Crippen LogP contribution in [0, 0.1) is 6.92 Å². The van der Waals surface area contributed by atoms with Crippen LogP contribution >= 0.6 is 0 Å². The minimum absolute atomic E-state index is 0.649. The second-order valence-electron chi connectivity index (χ2n) is 3.24. The van der Waals surface area contributed by atoms with Gasteiger partial charge in [0.25, 0.3) is 0 Å². The quantitative estimate of drug-likeness (QED) is 0.758. The largest absolute Gasteiger partial charge is 0.354 e. The maximum absolute atomic E-state index is 5.56. The minimum atomic E-state index is 0.649. The van der Waals surface area contributed by atoms with Gasteiger partial charge in [-0.25, -0.2) is 4.98 Å². The summed E-state index contributed by atoms with van der Waals surface area (Å²) in [5, 5.41) is 0. The van der Waals surface area contributed by atoms with Crippen molar-refractivity contribution in [3.05, 3.63) is 18.1 Å². The summed E-state index contributed by atoms with van der Waals surface area (Å²) >= 11 is 0. The van der Waals surface area contributed by atoms with Crippen molar-refractivity contribution in [3.63, 3.8) is 0 Å². The summed E-state index contributed by atoms with van der Waals surface area (Å²) in [5.41, 5.74) is 6.52. The molecule has 0 saturated carbocycles. The summed E-state index contributed by atoms with van der Waals surface area (Å²) in [4.78, 5) is 10.7. The second kappa shape index (κ2) is 5.54. The highest BCUT2D eigenvalue weighted by Gasteiger charge is 2.08. The molecule has 14 heavy (non-hydrogen) atoms. The highest BCUT2D eigenvalue weighted by Crippen LogP contribution is 2.13. The fraction of sp³-hybridized carbons (Fsp3) is 0.600. The fourth-order valence-corrected chi connectivity index (χ4v) is 1.46. The molecule has 0 aliphatic rings. The summed E-state index contributed by atoms with van der Waals surface area (Å²) in [6, 6.07) is 0. The number of aromatic nitrogens is 2. The third-order valence-electron chi connectivity index (χ3n) is 2.05. The van der Waals surface area contributed by atoms with Crippen molar-refractivity contribution < 1.29 is 0 Å². The van der Waals surface area contributed by atoms with Crippen LogP contribution in [0.1, 0.15) is 19.0 Å². The van der Waals surface area contributed by atoms with Gasteiger partial charge in [0.1, 0.15) is 5.82 Å². The van der Waals surface area contributed by atoms with Crippen LogP contribution < -0.4 is 10.6 Å². The van der Waals surface area contributed by atoms with E-state index in [-0.39, 0.29) is 0 Å². The maximum Gasteiger partial charge on any atom is 0.150 e. The van der Waals surface area contributed by atoms with Crippen LogP contribution in [-0.2, 0) is 0 Å². The van der Waals surface area contributed by atoms with E-state index in [2.05, 4.69) is 21.8 Å². The molecule has 0 aliphatic carbocycles. The van der Waals surface area contributed by atoms with Crippen LogP contribution in [0.2, 0.25) is 0 Å². The van der Waals surface area contributed by atoms with Gasteiger partial charge in [-0.05, 0) is 13.3 Å². The standard InChI is InChI=1S/C10H18N4/c1-3-7-14(8-4-11)10-9(2)12-5-6-13-10/h5-6H,3-4,7-8,11H2,1-2H3. The minimum Gasteiger partial charge on any atom is -0.354 e. The van der Waals surface area contributed by atoms with Crippen LogP contribution in [0.15, 0.2) is 12.4 Å². The smallest absolute Gasteiger partial charge is 0.150 e. The van der Waals surface area contributed by atoms with E-state index in [1.54, 1.807) is 12.4 Å². The highest BCUT2D eigenvalue weighted by molar-refractivity contribution is 5.41. The Morgan fingerprint density at radius 1 is 1.29 bits per heavy atom. The summed E-state index contributed by atoms with van der Waals surface area (Å²) < 4.78 is 0. The zero-order chi connectivity index (χ0) is 10.4. The molecule has 1 rings (SSSR count). The molecule has 0 atom stereocenters. The summed E-state index contributed by atoms with van der Waals surface area (Å²) in [5.74, 6) is 0.958. The number of anilines is 1. The molecule has 0 unspecified atom stereocenters. The number of hydrogen-bond acceptors (Lipinski definition) is 4. The van der Waals surface area contributed by atoms with Crippen molar-refractivity contribution in [2.24, 2.45) is 5.73 Å². The third-order valence-corrected chi connectivity index (χ3v) is 2.05. The van der Waals surface area contributed by atoms with Gasteiger partial charge in [-0.1, -0.05) is 6.92 Å². The first kappa shape index (κ1) is 10.9. The number of nitrogens with two attached hydrogens (primary N) is 1. The summed E-state index contributed by atoms with van der Waals surface area (Å²) in [7, 11) is 0. The van der Waals surface area contributed by atoms with E-state index < -0.39 is 0 Å². The van der Waals surface area contributed by atoms with Crippen molar-refractivity contribution in [1.82, 2.24) is 9.97 Å². The molecule has 4 heteroatoms. The van der Waals surface area contributed by atoms with Gasteiger partial charge in [0.05, 0.1) is 5.69 Å². The van der Waals surface area contributed by atoms with Crippen molar-refractivity contribution in [2.75, 3.05) is 24.5 Å². The first-order chi connectivity index (χ1) is 6.79. The number of hydrogen-bond donors (Lipinski definition) is 1. The Hall–Kier alpha value is -1.16. The Kier molecular flexibility index (Phi) is 4.32. The van der Waals surface area contributed by atoms with Gasteiger partial charge in [-0.2, -0.15) is 0 Å². The molecule has 4 nitrogen and oxygen atoms in total. The zero-order valence-electron chi connectivity index (χ0n) is 8.90. The molecule has 0 saturated heterocycles. The predicted molar refractivity (Wildman–Crippen MR) is 58.3 cm³/mol. The third kappa shape index (κ3) is 2.67. The lowest BCUT2D eigenvalue weighted by Gasteiger charge is -2.23. The van der Waals surface area contributed by atoms with Crippen LogP contribution in [0.4, 0.5) is 5.82 Å². The topological polar surface area (TPSA) is 55.0 Å². The molecular weight excluding hydrogens is 176 g/mol. The van der Waals surface area contributed by atoms with Crippen molar-refractivity contribution >= 4 is 5.82 Å². The van der Waals surface area contributed by atoms with Crippen LogP contribution in [0.25, 0.3) is 0 Å². The van der Waals surface area contributed by atoms with Gasteiger partial charge in [-0.15, -0.1) is 0 Å². The molecular formula is C10H18N4. The Balaban J connectivity index is 2.81. The van der Waals surface area contributed by atoms with Gasteiger partial charge in [0.2, 0.25) is 0 Å². The van der Waals surface area contributed by atoms with E-state index in [9.17, 15) is 0 Å². The predicted octanol–water partition coefficient (Wildman–Crippen LogP) is 0.960. The molecule has 1 aromatic rings. The first-order valence-electron chi connectivity index (χ1n) is 5.02. The fourth-order valence-electron chi connectivity index (χ4n) is 1.46. The summed E-state index contributed by atoms with van der Waals surface area (Å²) in [6.45, 7) is 6.59. The molecule has 0 amide bonds.